The molecule has 1 atom stereocenters. The Morgan fingerprint density at radius 3 is 2.68 bits per heavy atom. The van der Waals surface area contributed by atoms with Crippen LogP contribution in [-0.2, 0) is 5.41 Å². The van der Waals surface area contributed by atoms with Crippen molar-refractivity contribution in [1.82, 2.24) is 9.97 Å². The number of aromatic nitrogens is 2. The molecule has 0 aliphatic carbocycles. The zero-order valence-electron chi connectivity index (χ0n) is 12.5. The van der Waals surface area contributed by atoms with E-state index in [4.69, 9.17) is 4.98 Å². The third-order valence-electron chi connectivity index (χ3n) is 3.20. The molecule has 0 radical (unpaired) electrons. The molecule has 106 valence electrons. The maximum absolute atomic E-state index is 4.78. The minimum Gasteiger partial charge on any atom is -0.373 e. The molecule has 1 aliphatic rings. The lowest BCUT2D eigenvalue weighted by molar-refractivity contribution is 0.544. The molecule has 4 nitrogen and oxygen atoms in total. The zero-order valence-corrected chi connectivity index (χ0v) is 13.3. The number of hydrogen-bond donors (Lipinski definition) is 1. The maximum Gasteiger partial charge on any atom is 0.138 e. The minimum absolute atomic E-state index is 0.0300. The molecule has 1 fully saturated rings. The van der Waals surface area contributed by atoms with Crippen molar-refractivity contribution in [3.63, 3.8) is 0 Å². The van der Waals surface area contributed by atoms with Gasteiger partial charge in [0.25, 0.3) is 0 Å². The molecule has 1 aliphatic heterocycles. The number of thioether (sulfide) groups is 1. The third kappa shape index (κ3) is 3.53. The van der Waals surface area contributed by atoms with Crippen LogP contribution in [0.25, 0.3) is 0 Å². The quantitative estimate of drug-likeness (QED) is 0.902. The first-order chi connectivity index (χ1) is 8.90. The van der Waals surface area contributed by atoms with Crippen LogP contribution in [0.2, 0.25) is 0 Å². The van der Waals surface area contributed by atoms with E-state index in [-0.39, 0.29) is 5.41 Å². The van der Waals surface area contributed by atoms with E-state index in [2.05, 4.69) is 49.0 Å². The summed E-state index contributed by atoms with van der Waals surface area (Å²) in [5.74, 6) is 4.03. The Labute approximate surface area is 120 Å². The SMILES string of the molecule is CNc1cc(N2CCSC(C)C2)nc(C(C)(C)C)n1. The van der Waals surface area contributed by atoms with Crippen molar-refractivity contribution in [3.05, 3.63) is 11.9 Å². The standard InChI is InChI=1S/C14H24N4S/c1-10-9-18(6-7-19-10)12-8-11(15-5)16-13(17-12)14(2,3)4/h8,10H,6-7,9H2,1-5H3,(H,15,16,17). The Hall–Kier alpha value is -0.970. The van der Waals surface area contributed by atoms with Crippen molar-refractivity contribution in [2.24, 2.45) is 0 Å². The number of rotatable bonds is 2. The Morgan fingerprint density at radius 1 is 1.37 bits per heavy atom. The summed E-state index contributed by atoms with van der Waals surface area (Å²) < 4.78 is 0. The summed E-state index contributed by atoms with van der Waals surface area (Å²) in [6.45, 7) is 10.9. The maximum atomic E-state index is 4.78. The summed E-state index contributed by atoms with van der Waals surface area (Å²) in [5.41, 5.74) is -0.0300. The molecular formula is C14H24N4S. The predicted octanol–water partition coefficient (Wildman–Crippen LogP) is 2.76. The van der Waals surface area contributed by atoms with Crippen LogP contribution in [0.15, 0.2) is 6.07 Å². The van der Waals surface area contributed by atoms with Gasteiger partial charge in [-0.1, -0.05) is 27.7 Å². The van der Waals surface area contributed by atoms with Crippen molar-refractivity contribution >= 4 is 23.4 Å². The lowest BCUT2D eigenvalue weighted by Crippen LogP contribution is -2.37. The molecule has 1 unspecified atom stereocenters. The molecule has 5 heteroatoms. The van der Waals surface area contributed by atoms with Crippen molar-refractivity contribution in [1.29, 1.82) is 0 Å². The average molecular weight is 280 g/mol. The zero-order chi connectivity index (χ0) is 14.0. The van der Waals surface area contributed by atoms with Crippen LogP contribution in [0.3, 0.4) is 0 Å². The molecule has 0 saturated carbocycles. The molecule has 2 rings (SSSR count). The van der Waals surface area contributed by atoms with E-state index in [1.165, 1.54) is 5.75 Å². The highest BCUT2D eigenvalue weighted by Crippen LogP contribution is 2.27. The van der Waals surface area contributed by atoms with Crippen LogP contribution in [0.1, 0.15) is 33.5 Å². The Balaban J connectivity index is 2.34. The van der Waals surface area contributed by atoms with Gasteiger partial charge >= 0.3 is 0 Å². The van der Waals surface area contributed by atoms with Gasteiger partial charge in [-0.3, -0.25) is 0 Å². The fourth-order valence-corrected chi connectivity index (χ4v) is 3.10. The largest absolute Gasteiger partial charge is 0.373 e. The number of nitrogens with zero attached hydrogens (tertiary/aromatic N) is 3. The highest BCUT2D eigenvalue weighted by atomic mass is 32.2. The van der Waals surface area contributed by atoms with Crippen LogP contribution >= 0.6 is 11.8 Å². The normalized spacial score (nSPS) is 20.5. The smallest absolute Gasteiger partial charge is 0.138 e. The van der Waals surface area contributed by atoms with E-state index in [0.717, 1.165) is 30.5 Å². The van der Waals surface area contributed by atoms with E-state index in [0.29, 0.717) is 5.25 Å². The molecule has 1 saturated heterocycles. The van der Waals surface area contributed by atoms with Crippen LogP contribution in [0.4, 0.5) is 11.6 Å². The number of hydrogen-bond acceptors (Lipinski definition) is 5. The fraction of sp³-hybridized carbons (Fsp3) is 0.714. The van der Waals surface area contributed by atoms with Crippen molar-refractivity contribution in [2.75, 3.05) is 36.1 Å². The van der Waals surface area contributed by atoms with Gasteiger partial charge in [-0.05, 0) is 0 Å². The average Bonchev–Trinajstić information content (AvgIpc) is 2.37. The first-order valence-corrected chi connectivity index (χ1v) is 7.89. The Kier molecular flexibility index (Phi) is 4.23. The van der Waals surface area contributed by atoms with Crippen LogP contribution < -0.4 is 10.2 Å². The lowest BCUT2D eigenvalue weighted by Gasteiger charge is -2.32. The predicted molar refractivity (Wildman–Crippen MR) is 84.4 cm³/mol. The highest BCUT2D eigenvalue weighted by molar-refractivity contribution is 8.00. The summed E-state index contributed by atoms with van der Waals surface area (Å²) in [7, 11) is 1.91. The van der Waals surface area contributed by atoms with E-state index < -0.39 is 0 Å². The highest BCUT2D eigenvalue weighted by Gasteiger charge is 2.23. The van der Waals surface area contributed by atoms with Gasteiger partial charge in [0.1, 0.15) is 17.5 Å². The second kappa shape index (κ2) is 5.57. The number of nitrogens with one attached hydrogen (secondary N) is 1. The van der Waals surface area contributed by atoms with E-state index >= 15 is 0 Å². The molecule has 1 N–H and O–H groups in total. The third-order valence-corrected chi connectivity index (χ3v) is 4.34. The van der Waals surface area contributed by atoms with Gasteiger partial charge in [-0.15, -0.1) is 0 Å². The van der Waals surface area contributed by atoms with Gasteiger partial charge in [0.15, 0.2) is 0 Å². The van der Waals surface area contributed by atoms with Crippen molar-refractivity contribution in [2.45, 2.75) is 38.4 Å². The molecule has 1 aromatic heterocycles. The van der Waals surface area contributed by atoms with E-state index in [1.807, 2.05) is 18.8 Å². The Morgan fingerprint density at radius 2 is 2.11 bits per heavy atom. The molecule has 0 spiro atoms. The van der Waals surface area contributed by atoms with Gasteiger partial charge in [-0.2, -0.15) is 11.8 Å². The van der Waals surface area contributed by atoms with Crippen LogP contribution in [-0.4, -0.2) is 41.1 Å². The molecule has 2 heterocycles. The minimum atomic E-state index is -0.0300. The lowest BCUT2D eigenvalue weighted by atomic mass is 9.96. The summed E-state index contributed by atoms with van der Waals surface area (Å²) in [4.78, 5) is 11.7. The van der Waals surface area contributed by atoms with Crippen LogP contribution in [0, 0.1) is 0 Å². The van der Waals surface area contributed by atoms with Gasteiger partial charge in [-0.25, -0.2) is 9.97 Å². The summed E-state index contributed by atoms with van der Waals surface area (Å²) in [6.07, 6.45) is 0. The summed E-state index contributed by atoms with van der Waals surface area (Å²) in [5, 5.41) is 3.81. The topological polar surface area (TPSA) is 41.0 Å². The monoisotopic (exact) mass is 280 g/mol. The summed E-state index contributed by atoms with van der Waals surface area (Å²) in [6, 6.07) is 2.05. The molecule has 0 amide bonds. The first-order valence-electron chi connectivity index (χ1n) is 6.84. The van der Waals surface area contributed by atoms with Gasteiger partial charge < -0.3 is 10.2 Å². The molecule has 0 bridgehead atoms. The molecular weight excluding hydrogens is 256 g/mol. The molecule has 19 heavy (non-hydrogen) atoms. The fourth-order valence-electron chi connectivity index (χ4n) is 2.09. The first kappa shape index (κ1) is 14.4. The van der Waals surface area contributed by atoms with E-state index in [9.17, 15) is 0 Å². The molecule has 0 aromatic carbocycles. The van der Waals surface area contributed by atoms with Gasteiger partial charge in [0.05, 0.1) is 0 Å². The Bertz CT molecular complexity index is 442. The van der Waals surface area contributed by atoms with Crippen LogP contribution in [0.5, 0.6) is 0 Å². The number of anilines is 2. The second-order valence-corrected chi connectivity index (χ2v) is 7.61. The van der Waals surface area contributed by atoms with Gasteiger partial charge in [0.2, 0.25) is 0 Å². The van der Waals surface area contributed by atoms with Crippen molar-refractivity contribution in [3.8, 4) is 0 Å². The molecule has 1 aromatic rings. The summed E-state index contributed by atoms with van der Waals surface area (Å²) >= 11 is 2.04. The van der Waals surface area contributed by atoms with Gasteiger partial charge in [0, 0.05) is 42.6 Å². The second-order valence-electron chi connectivity index (χ2n) is 6.06. The van der Waals surface area contributed by atoms with E-state index in [1.54, 1.807) is 0 Å². The van der Waals surface area contributed by atoms with Crippen molar-refractivity contribution < 1.29 is 0 Å².